The Kier molecular flexibility index (Phi) is 5.31. The first-order chi connectivity index (χ1) is 8.22. The molecule has 1 unspecified atom stereocenters. The van der Waals surface area contributed by atoms with Gasteiger partial charge in [0, 0.05) is 13.2 Å². The van der Waals surface area contributed by atoms with Crippen molar-refractivity contribution in [2.45, 2.75) is 19.8 Å². The lowest BCUT2D eigenvalue weighted by Crippen LogP contribution is -2.16. The second-order valence-electron chi connectivity index (χ2n) is 4.05. The van der Waals surface area contributed by atoms with E-state index in [1.165, 1.54) is 0 Å². The highest BCUT2D eigenvalue weighted by molar-refractivity contribution is 5.72. The van der Waals surface area contributed by atoms with Crippen LogP contribution in [-0.2, 0) is 0 Å². The molecule has 4 nitrogen and oxygen atoms in total. The molecule has 92 valence electrons. The number of anilines is 2. The Bertz CT molecular complexity index is 398. The summed E-state index contributed by atoms with van der Waals surface area (Å²) in [7, 11) is 0. The fourth-order valence-electron chi connectivity index (χ4n) is 1.70. The lowest BCUT2D eigenvalue weighted by Gasteiger charge is -2.16. The van der Waals surface area contributed by atoms with Gasteiger partial charge in [0.05, 0.1) is 16.9 Å². The number of nitrogens with one attached hydrogen (secondary N) is 1. The molecule has 1 aromatic carbocycles. The fourth-order valence-corrected chi connectivity index (χ4v) is 1.70. The molecule has 0 saturated heterocycles. The standard InChI is InChI=1S/C13H19N3O/c1-2-10(6-7-17)9-16-12-5-3-4-11(8-14)13(12)15/h3-5,10,16-17H,2,6-7,9,15H2,1H3. The number of nitrogens with zero attached hydrogens (tertiary/aromatic N) is 1. The second-order valence-corrected chi connectivity index (χ2v) is 4.05. The van der Waals surface area contributed by atoms with E-state index < -0.39 is 0 Å². The maximum Gasteiger partial charge on any atom is 0.101 e. The van der Waals surface area contributed by atoms with Crippen LogP contribution in [0.25, 0.3) is 0 Å². The molecule has 0 aromatic heterocycles. The molecule has 0 saturated carbocycles. The van der Waals surface area contributed by atoms with E-state index in [1.54, 1.807) is 6.07 Å². The normalized spacial score (nSPS) is 11.8. The first kappa shape index (κ1) is 13.3. The van der Waals surface area contributed by atoms with Crippen molar-refractivity contribution in [2.24, 2.45) is 5.92 Å². The quantitative estimate of drug-likeness (QED) is 0.656. The number of aliphatic hydroxyl groups excluding tert-OH is 1. The Hall–Kier alpha value is -1.73. The zero-order valence-electron chi connectivity index (χ0n) is 10.1. The number of para-hydroxylation sites is 1. The SMILES string of the molecule is CCC(CCO)CNc1cccc(C#N)c1N. The topological polar surface area (TPSA) is 82.1 Å². The van der Waals surface area contributed by atoms with Crippen LogP contribution in [0.3, 0.4) is 0 Å². The van der Waals surface area contributed by atoms with E-state index in [0.29, 0.717) is 17.2 Å². The van der Waals surface area contributed by atoms with Gasteiger partial charge in [0.25, 0.3) is 0 Å². The van der Waals surface area contributed by atoms with Gasteiger partial charge in [-0.05, 0) is 24.5 Å². The first-order valence-corrected chi connectivity index (χ1v) is 5.86. The van der Waals surface area contributed by atoms with Crippen molar-refractivity contribution in [3.05, 3.63) is 23.8 Å². The third kappa shape index (κ3) is 3.65. The predicted molar refractivity (Wildman–Crippen MR) is 69.5 cm³/mol. The lowest BCUT2D eigenvalue weighted by molar-refractivity contribution is 0.258. The monoisotopic (exact) mass is 233 g/mol. The number of hydrogen-bond donors (Lipinski definition) is 3. The second kappa shape index (κ2) is 6.77. The minimum absolute atomic E-state index is 0.202. The van der Waals surface area contributed by atoms with Gasteiger partial charge in [-0.1, -0.05) is 19.4 Å². The first-order valence-electron chi connectivity index (χ1n) is 5.86. The molecule has 4 N–H and O–H groups in total. The molecule has 17 heavy (non-hydrogen) atoms. The van der Waals surface area contributed by atoms with Crippen LogP contribution < -0.4 is 11.1 Å². The van der Waals surface area contributed by atoms with Gasteiger partial charge in [-0.15, -0.1) is 0 Å². The Morgan fingerprint density at radius 3 is 2.88 bits per heavy atom. The van der Waals surface area contributed by atoms with E-state index in [9.17, 15) is 0 Å². The number of hydrogen-bond acceptors (Lipinski definition) is 4. The Labute approximate surface area is 102 Å². The molecule has 0 amide bonds. The van der Waals surface area contributed by atoms with Crippen LogP contribution in [0, 0.1) is 17.2 Å². The molecule has 0 aliphatic heterocycles. The highest BCUT2D eigenvalue weighted by Gasteiger charge is 2.08. The van der Waals surface area contributed by atoms with Gasteiger partial charge >= 0.3 is 0 Å². The summed E-state index contributed by atoms with van der Waals surface area (Å²) in [5, 5.41) is 21.0. The van der Waals surface area contributed by atoms with E-state index in [4.69, 9.17) is 16.1 Å². The van der Waals surface area contributed by atoms with Crippen molar-refractivity contribution in [3.8, 4) is 6.07 Å². The van der Waals surface area contributed by atoms with Crippen LogP contribution in [0.4, 0.5) is 11.4 Å². The molecule has 0 spiro atoms. The van der Waals surface area contributed by atoms with Crippen LogP contribution in [0.1, 0.15) is 25.3 Å². The smallest absolute Gasteiger partial charge is 0.101 e. The molecule has 1 rings (SSSR count). The molecule has 0 aliphatic rings. The molecule has 0 aliphatic carbocycles. The highest BCUT2D eigenvalue weighted by atomic mass is 16.3. The molecule has 1 atom stereocenters. The van der Waals surface area contributed by atoms with Crippen LogP contribution in [0.2, 0.25) is 0 Å². The van der Waals surface area contributed by atoms with Gasteiger partial charge in [0.2, 0.25) is 0 Å². The van der Waals surface area contributed by atoms with Gasteiger partial charge in [-0.25, -0.2) is 0 Å². The molecular weight excluding hydrogens is 214 g/mol. The molecule has 0 bridgehead atoms. The summed E-state index contributed by atoms with van der Waals surface area (Å²) in [4.78, 5) is 0. The van der Waals surface area contributed by atoms with Crippen LogP contribution in [0.5, 0.6) is 0 Å². The van der Waals surface area contributed by atoms with Gasteiger partial charge < -0.3 is 16.2 Å². The summed E-state index contributed by atoms with van der Waals surface area (Å²) in [5.41, 5.74) is 7.64. The van der Waals surface area contributed by atoms with Crippen molar-refractivity contribution >= 4 is 11.4 Å². The third-order valence-electron chi connectivity index (χ3n) is 2.92. The molecule has 0 fully saturated rings. The summed E-state index contributed by atoms with van der Waals surface area (Å²) in [6, 6.07) is 7.43. The van der Waals surface area contributed by atoms with Crippen molar-refractivity contribution in [1.82, 2.24) is 0 Å². The maximum atomic E-state index is 8.91. The van der Waals surface area contributed by atoms with E-state index in [2.05, 4.69) is 18.3 Å². The Morgan fingerprint density at radius 2 is 2.29 bits per heavy atom. The van der Waals surface area contributed by atoms with Gasteiger partial charge in [0.15, 0.2) is 0 Å². The number of nitrogen functional groups attached to an aromatic ring is 1. The minimum Gasteiger partial charge on any atom is -0.396 e. The summed E-state index contributed by atoms with van der Waals surface area (Å²) in [6.45, 7) is 3.06. The fraction of sp³-hybridized carbons (Fsp3) is 0.462. The maximum absolute atomic E-state index is 8.91. The van der Waals surface area contributed by atoms with Crippen molar-refractivity contribution in [2.75, 3.05) is 24.2 Å². The predicted octanol–water partition coefficient (Wildman–Crippen LogP) is 1.96. The Balaban J connectivity index is 2.66. The molecular formula is C13H19N3O. The van der Waals surface area contributed by atoms with Crippen molar-refractivity contribution in [1.29, 1.82) is 5.26 Å². The largest absolute Gasteiger partial charge is 0.396 e. The summed E-state index contributed by atoms with van der Waals surface area (Å²) >= 11 is 0. The van der Waals surface area contributed by atoms with Gasteiger partial charge in [0.1, 0.15) is 6.07 Å². The molecule has 0 heterocycles. The minimum atomic E-state index is 0.202. The van der Waals surface area contributed by atoms with E-state index >= 15 is 0 Å². The van der Waals surface area contributed by atoms with Crippen LogP contribution in [0.15, 0.2) is 18.2 Å². The average molecular weight is 233 g/mol. The average Bonchev–Trinajstić information content (AvgIpc) is 2.36. The molecule has 1 aromatic rings. The number of nitriles is 1. The summed E-state index contributed by atoms with van der Waals surface area (Å²) < 4.78 is 0. The number of nitrogens with two attached hydrogens (primary N) is 1. The van der Waals surface area contributed by atoms with Gasteiger partial charge in [-0.3, -0.25) is 0 Å². The van der Waals surface area contributed by atoms with E-state index in [-0.39, 0.29) is 6.61 Å². The molecule has 0 radical (unpaired) electrons. The zero-order valence-corrected chi connectivity index (χ0v) is 10.1. The van der Waals surface area contributed by atoms with Crippen LogP contribution in [-0.4, -0.2) is 18.3 Å². The number of aliphatic hydroxyl groups is 1. The summed E-state index contributed by atoms with van der Waals surface area (Å²) in [6.07, 6.45) is 1.78. The number of rotatable bonds is 6. The third-order valence-corrected chi connectivity index (χ3v) is 2.92. The van der Waals surface area contributed by atoms with Crippen molar-refractivity contribution in [3.63, 3.8) is 0 Å². The zero-order chi connectivity index (χ0) is 12.7. The lowest BCUT2D eigenvalue weighted by atomic mass is 10.0. The highest BCUT2D eigenvalue weighted by Crippen LogP contribution is 2.22. The van der Waals surface area contributed by atoms with E-state index in [1.807, 2.05) is 12.1 Å². The van der Waals surface area contributed by atoms with Crippen LogP contribution >= 0.6 is 0 Å². The molecule has 4 heteroatoms. The number of benzene rings is 1. The van der Waals surface area contributed by atoms with Gasteiger partial charge in [-0.2, -0.15) is 5.26 Å². The van der Waals surface area contributed by atoms with Crippen molar-refractivity contribution < 1.29 is 5.11 Å². The summed E-state index contributed by atoms with van der Waals surface area (Å²) in [5.74, 6) is 0.421. The van der Waals surface area contributed by atoms with E-state index in [0.717, 1.165) is 25.1 Å². The Morgan fingerprint density at radius 1 is 1.53 bits per heavy atom.